The molecule has 0 atom stereocenters. The van der Waals surface area contributed by atoms with Gasteiger partial charge in [0, 0.05) is 35.7 Å². The second-order valence-electron chi connectivity index (χ2n) is 7.93. The molecular formula is C25H28N4O4. The van der Waals surface area contributed by atoms with Crippen molar-refractivity contribution in [3.05, 3.63) is 71.5 Å². The summed E-state index contributed by atoms with van der Waals surface area (Å²) in [6, 6.07) is 17.3. The molecule has 1 aromatic heterocycles. The van der Waals surface area contributed by atoms with Crippen LogP contribution in [0.25, 0.3) is 5.69 Å². The monoisotopic (exact) mass is 448 g/mol. The van der Waals surface area contributed by atoms with Crippen LogP contribution in [0.4, 0.5) is 11.4 Å². The minimum Gasteiger partial charge on any atom is -0.455 e. The van der Waals surface area contributed by atoms with Gasteiger partial charge in [-0.25, -0.2) is 4.68 Å². The van der Waals surface area contributed by atoms with Crippen molar-refractivity contribution >= 4 is 23.3 Å². The predicted molar refractivity (Wildman–Crippen MR) is 126 cm³/mol. The highest BCUT2D eigenvalue weighted by Crippen LogP contribution is 2.20. The van der Waals surface area contributed by atoms with Gasteiger partial charge in [-0.1, -0.05) is 18.2 Å². The van der Waals surface area contributed by atoms with E-state index in [0.717, 1.165) is 54.6 Å². The number of anilines is 2. The summed E-state index contributed by atoms with van der Waals surface area (Å²) in [4.78, 5) is 26.9. The smallest absolute Gasteiger partial charge is 0.310 e. The van der Waals surface area contributed by atoms with Gasteiger partial charge in [-0.3, -0.25) is 9.59 Å². The number of aryl methyl sites for hydroxylation is 1. The van der Waals surface area contributed by atoms with Gasteiger partial charge in [0.2, 0.25) is 0 Å². The number of ether oxygens (including phenoxy) is 2. The van der Waals surface area contributed by atoms with E-state index in [1.54, 1.807) is 0 Å². The molecule has 172 valence electrons. The highest BCUT2D eigenvalue weighted by molar-refractivity contribution is 5.93. The molecule has 33 heavy (non-hydrogen) atoms. The molecule has 0 bridgehead atoms. The highest BCUT2D eigenvalue weighted by atomic mass is 16.5. The number of rotatable bonds is 7. The van der Waals surface area contributed by atoms with Crippen molar-refractivity contribution in [2.24, 2.45) is 0 Å². The summed E-state index contributed by atoms with van der Waals surface area (Å²) < 4.78 is 12.4. The van der Waals surface area contributed by atoms with E-state index in [4.69, 9.17) is 9.47 Å². The fourth-order valence-corrected chi connectivity index (χ4v) is 3.87. The number of aromatic nitrogens is 2. The SMILES string of the molecule is Cc1nn(-c2ccccc2)c(C)c1CC(=O)OCC(=O)Nc1ccc(N2CCOCC2)cc1. The first-order valence-electron chi connectivity index (χ1n) is 11.0. The third kappa shape index (κ3) is 5.59. The standard InChI is InChI=1S/C25H28N4O4/c1-18-23(19(2)29(27-18)22-6-4-3-5-7-22)16-25(31)33-17-24(30)26-20-8-10-21(11-9-20)28-12-14-32-15-13-28/h3-11H,12-17H2,1-2H3,(H,26,30). The number of carbonyl (C=O) groups excluding carboxylic acids is 2. The van der Waals surface area contributed by atoms with Crippen molar-refractivity contribution in [3.63, 3.8) is 0 Å². The molecule has 0 spiro atoms. The lowest BCUT2D eigenvalue weighted by Gasteiger charge is -2.28. The van der Waals surface area contributed by atoms with Crippen molar-refractivity contribution in [2.45, 2.75) is 20.3 Å². The van der Waals surface area contributed by atoms with Crippen LogP contribution in [-0.2, 0) is 25.5 Å². The van der Waals surface area contributed by atoms with Crippen LogP contribution in [-0.4, -0.2) is 54.6 Å². The summed E-state index contributed by atoms with van der Waals surface area (Å²) in [6.45, 7) is 6.59. The molecule has 0 unspecified atom stereocenters. The lowest BCUT2D eigenvalue weighted by atomic mass is 10.1. The molecule has 1 aliphatic rings. The molecule has 1 fully saturated rings. The zero-order chi connectivity index (χ0) is 23.2. The molecule has 3 aromatic rings. The molecule has 1 amide bonds. The molecule has 2 aromatic carbocycles. The molecule has 8 nitrogen and oxygen atoms in total. The number of nitrogens with zero attached hydrogens (tertiary/aromatic N) is 3. The summed E-state index contributed by atoms with van der Waals surface area (Å²) in [7, 11) is 0. The first kappa shape index (κ1) is 22.5. The minimum atomic E-state index is -0.466. The van der Waals surface area contributed by atoms with Crippen LogP contribution in [0.15, 0.2) is 54.6 Å². The van der Waals surface area contributed by atoms with Crippen molar-refractivity contribution in [2.75, 3.05) is 43.1 Å². The van der Waals surface area contributed by atoms with E-state index in [1.807, 2.05) is 73.1 Å². The van der Waals surface area contributed by atoms with Crippen molar-refractivity contribution in [1.82, 2.24) is 9.78 Å². The Bertz CT molecular complexity index is 1100. The summed E-state index contributed by atoms with van der Waals surface area (Å²) >= 11 is 0. The third-order valence-corrected chi connectivity index (χ3v) is 5.65. The number of hydrogen-bond donors (Lipinski definition) is 1. The van der Waals surface area contributed by atoms with Crippen LogP contribution >= 0.6 is 0 Å². The van der Waals surface area contributed by atoms with Crippen LogP contribution < -0.4 is 10.2 Å². The number of hydrogen-bond acceptors (Lipinski definition) is 6. The van der Waals surface area contributed by atoms with Gasteiger partial charge in [0.25, 0.3) is 5.91 Å². The number of nitrogens with one attached hydrogen (secondary N) is 1. The quantitative estimate of drug-likeness (QED) is 0.559. The Morgan fingerprint density at radius 3 is 2.39 bits per heavy atom. The fourth-order valence-electron chi connectivity index (χ4n) is 3.87. The number of morpholine rings is 1. The van der Waals surface area contributed by atoms with E-state index in [-0.39, 0.29) is 18.9 Å². The topological polar surface area (TPSA) is 85.7 Å². The average molecular weight is 449 g/mol. The van der Waals surface area contributed by atoms with E-state index < -0.39 is 5.97 Å². The van der Waals surface area contributed by atoms with Crippen LogP contribution in [0.5, 0.6) is 0 Å². The van der Waals surface area contributed by atoms with Gasteiger partial charge in [-0.15, -0.1) is 0 Å². The van der Waals surface area contributed by atoms with Gasteiger partial charge < -0.3 is 19.7 Å². The fraction of sp³-hybridized carbons (Fsp3) is 0.320. The maximum absolute atomic E-state index is 12.4. The first-order valence-corrected chi connectivity index (χ1v) is 11.0. The molecular weight excluding hydrogens is 420 g/mol. The lowest BCUT2D eigenvalue weighted by molar-refractivity contribution is -0.146. The molecule has 0 aliphatic carbocycles. The van der Waals surface area contributed by atoms with Crippen molar-refractivity contribution < 1.29 is 19.1 Å². The first-order chi connectivity index (χ1) is 16.0. The average Bonchev–Trinajstić information content (AvgIpc) is 3.12. The molecule has 8 heteroatoms. The Morgan fingerprint density at radius 1 is 1.00 bits per heavy atom. The minimum absolute atomic E-state index is 0.0615. The maximum Gasteiger partial charge on any atom is 0.310 e. The van der Waals surface area contributed by atoms with Crippen LogP contribution in [0.2, 0.25) is 0 Å². The summed E-state index contributed by atoms with van der Waals surface area (Å²) in [5.74, 6) is -0.845. The van der Waals surface area contributed by atoms with E-state index in [2.05, 4.69) is 15.3 Å². The number of benzene rings is 2. The maximum atomic E-state index is 12.4. The van der Waals surface area contributed by atoms with E-state index in [1.165, 1.54) is 0 Å². The van der Waals surface area contributed by atoms with Gasteiger partial charge in [-0.2, -0.15) is 5.10 Å². The van der Waals surface area contributed by atoms with Crippen LogP contribution in [0, 0.1) is 13.8 Å². The van der Waals surface area contributed by atoms with E-state index in [9.17, 15) is 9.59 Å². The predicted octanol–water partition coefficient (Wildman–Crippen LogP) is 3.05. The lowest BCUT2D eigenvalue weighted by Crippen LogP contribution is -2.36. The molecule has 0 saturated carbocycles. The third-order valence-electron chi connectivity index (χ3n) is 5.65. The number of amides is 1. The Labute approximate surface area is 193 Å². The van der Waals surface area contributed by atoms with E-state index in [0.29, 0.717) is 5.69 Å². The zero-order valence-corrected chi connectivity index (χ0v) is 18.9. The molecule has 1 aliphatic heterocycles. The largest absolute Gasteiger partial charge is 0.455 e. The Balaban J connectivity index is 1.28. The Kier molecular flexibility index (Phi) is 7.04. The second-order valence-corrected chi connectivity index (χ2v) is 7.93. The van der Waals surface area contributed by atoms with Gasteiger partial charge in [-0.05, 0) is 50.2 Å². The van der Waals surface area contributed by atoms with E-state index >= 15 is 0 Å². The summed E-state index contributed by atoms with van der Waals surface area (Å²) in [5.41, 5.74) is 5.12. The highest BCUT2D eigenvalue weighted by Gasteiger charge is 2.18. The molecule has 4 rings (SSSR count). The summed E-state index contributed by atoms with van der Waals surface area (Å²) in [5, 5.41) is 7.31. The van der Waals surface area contributed by atoms with Gasteiger partial charge in [0.15, 0.2) is 6.61 Å². The summed E-state index contributed by atoms with van der Waals surface area (Å²) in [6.07, 6.45) is 0.0615. The molecule has 1 N–H and O–H groups in total. The van der Waals surface area contributed by atoms with Crippen molar-refractivity contribution in [1.29, 1.82) is 0 Å². The van der Waals surface area contributed by atoms with Gasteiger partial charge in [0.05, 0.1) is 31.0 Å². The Morgan fingerprint density at radius 2 is 1.70 bits per heavy atom. The Hall–Kier alpha value is -3.65. The molecule has 2 heterocycles. The molecule has 1 saturated heterocycles. The van der Waals surface area contributed by atoms with Crippen molar-refractivity contribution in [3.8, 4) is 5.69 Å². The van der Waals surface area contributed by atoms with Crippen LogP contribution in [0.3, 0.4) is 0 Å². The number of esters is 1. The van der Waals surface area contributed by atoms with Gasteiger partial charge in [0.1, 0.15) is 0 Å². The number of carbonyl (C=O) groups is 2. The normalized spacial score (nSPS) is 13.6. The number of para-hydroxylation sites is 1. The second kappa shape index (κ2) is 10.3. The zero-order valence-electron chi connectivity index (χ0n) is 18.9. The molecule has 0 radical (unpaired) electrons. The van der Waals surface area contributed by atoms with Gasteiger partial charge >= 0.3 is 5.97 Å². The van der Waals surface area contributed by atoms with Crippen LogP contribution in [0.1, 0.15) is 17.0 Å².